The minimum absolute atomic E-state index is 0.0955. The first-order valence-corrected chi connectivity index (χ1v) is 9.34. The van der Waals surface area contributed by atoms with Gasteiger partial charge in [-0.05, 0) is 68.7 Å². The molecular formula is C21H23ClN4. The van der Waals surface area contributed by atoms with Gasteiger partial charge >= 0.3 is 0 Å². The quantitative estimate of drug-likeness (QED) is 0.617. The Hall–Kier alpha value is -2.20. The van der Waals surface area contributed by atoms with Crippen LogP contribution in [-0.4, -0.2) is 18.3 Å². The summed E-state index contributed by atoms with van der Waals surface area (Å²) in [5, 5.41) is 0.556. The van der Waals surface area contributed by atoms with Crippen LogP contribution in [0.25, 0.3) is 5.57 Å². The van der Waals surface area contributed by atoms with E-state index in [2.05, 4.69) is 29.9 Å². The number of benzene rings is 1. The van der Waals surface area contributed by atoms with Crippen LogP contribution in [0.4, 0.5) is 0 Å². The number of aliphatic imine (C=N–C) groups is 3. The van der Waals surface area contributed by atoms with Gasteiger partial charge in [0, 0.05) is 17.2 Å². The lowest BCUT2D eigenvalue weighted by Crippen LogP contribution is -2.44. The van der Waals surface area contributed by atoms with Crippen LogP contribution in [0.3, 0.4) is 0 Å². The highest BCUT2D eigenvalue weighted by Gasteiger charge is 2.62. The summed E-state index contributed by atoms with van der Waals surface area (Å²) in [6.07, 6.45) is 8.01. The van der Waals surface area contributed by atoms with Crippen molar-refractivity contribution >= 4 is 35.4 Å². The summed E-state index contributed by atoms with van der Waals surface area (Å²) in [5.41, 5.74) is 11.3. The van der Waals surface area contributed by atoms with Crippen LogP contribution < -0.4 is 5.73 Å². The van der Waals surface area contributed by atoms with Crippen LogP contribution in [0.1, 0.15) is 49.8 Å². The summed E-state index contributed by atoms with van der Waals surface area (Å²) in [6.45, 7) is 7.44. The number of allylic oxidation sites excluding steroid dienone is 3. The van der Waals surface area contributed by atoms with Crippen molar-refractivity contribution in [1.29, 1.82) is 0 Å². The van der Waals surface area contributed by atoms with Crippen molar-refractivity contribution in [2.75, 3.05) is 0 Å². The Morgan fingerprint density at radius 1 is 1.35 bits per heavy atom. The topological polar surface area (TPSA) is 63.1 Å². The average molecular weight is 367 g/mol. The summed E-state index contributed by atoms with van der Waals surface area (Å²) in [7, 11) is 0. The summed E-state index contributed by atoms with van der Waals surface area (Å²) < 4.78 is 0. The van der Waals surface area contributed by atoms with E-state index in [1.807, 2.05) is 19.9 Å². The number of rotatable bonds is 3. The lowest BCUT2D eigenvalue weighted by Gasteiger charge is -2.47. The molecule has 1 aromatic carbocycles. The molecule has 134 valence electrons. The molecule has 26 heavy (non-hydrogen) atoms. The van der Waals surface area contributed by atoms with E-state index >= 15 is 0 Å². The first kappa shape index (κ1) is 17.2. The molecular weight excluding hydrogens is 344 g/mol. The van der Waals surface area contributed by atoms with Crippen molar-refractivity contribution in [2.24, 2.45) is 26.1 Å². The second-order valence-electron chi connectivity index (χ2n) is 7.57. The normalized spacial score (nSPS) is 26.6. The van der Waals surface area contributed by atoms with Gasteiger partial charge in [-0.1, -0.05) is 30.2 Å². The molecule has 1 aromatic rings. The van der Waals surface area contributed by atoms with E-state index in [4.69, 9.17) is 27.3 Å². The number of amidine groups is 1. The highest BCUT2D eigenvalue weighted by atomic mass is 35.5. The van der Waals surface area contributed by atoms with Crippen molar-refractivity contribution in [3.8, 4) is 0 Å². The van der Waals surface area contributed by atoms with Crippen LogP contribution in [-0.2, 0) is 12.1 Å². The van der Waals surface area contributed by atoms with Gasteiger partial charge in [-0.25, -0.2) is 4.99 Å². The summed E-state index contributed by atoms with van der Waals surface area (Å²) in [4.78, 5) is 13.6. The molecule has 0 radical (unpaired) electrons. The number of hydrogen-bond donors (Lipinski definition) is 1. The van der Waals surface area contributed by atoms with Gasteiger partial charge in [0.05, 0.1) is 10.7 Å². The molecule has 1 atom stereocenters. The van der Waals surface area contributed by atoms with Crippen molar-refractivity contribution in [3.63, 3.8) is 0 Å². The second-order valence-corrected chi connectivity index (χ2v) is 8.01. The van der Waals surface area contributed by atoms with E-state index in [9.17, 15) is 0 Å². The Morgan fingerprint density at radius 3 is 2.69 bits per heavy atom. The number of hydrogen-bond acceptors (Lipinski definition) is 4. The molecule has 1 unspecified atom stereocenters. The molecule has 1 aliphatic heterocycles. The molecule has 2 spiro atoms. The maximum absolute atomic E-state index is 6.17. The summed E-state index contributed by atoms with van der Waals surface area (Å²) in [6, 6.07) is 6.59. The first-order valence-electron chi connectivity index (χ1n) is 8.96. The van der Waals surface area contributed by atoms with E-state index in [0.29, 0.717) is 10.9 Å². The third kappa shape index (κ3) is 2.32. The Morgan fingerprint density at radius 2 is 2.12 bits per heavy atom. The Labute approximate surface area is 159 Å². The largest absolute Gasteiger partial charge is 0.382 e. The first-order chi connectivity index (χ1) is 12.4. The maximum Gasteiger partial charge on any atom is 0.184 e. The highest BCUT2D eigenvalue weighted by Crippen LogP contribution is 2.64. The van der Waals surface area contributed by atoms with Gasteiger partial charge in [0.2, 0.25) is 0 Å². The van der Waals surface area contributed by atoms with E-state index < -0.39 is 5.66 Å². The van der Waals surface area contributed by atoms with Crippen molar-refractivity contribution in [1.82, 2.24) is 0 Å². The van der Waals surface area contributed by atoms with Crippen molar-refractivity contribution < 1.29 is 0 Å². The fraction of sp³-hybridized carbons (Fsp3) is 0.381. The smallest absolute Gasteiger partial charge is 0.184 e. The van der Waals surface area contributed by atoms with Crippen LogP contribution in [0.15, 0.2) is 50.5 Å². The van der Waals surface area contributed by atoms with E-state index in [1.54, 1.807) is 6.20 Å². The lowest BCUT2D eigenvalue weighted by atomic mass is 9.61. The van der Waals surface area contributed by atoms with E-state index in [0.717, 1.165) is 36.1 Å². The van der Waals surface area contributed by atoms with Gasteiger partial charge in [0.15, 0.2) is 5.66 Å². The van der Waals surface area contributed by atoms with Crippen LogP contribution >= 0.6 is 11.6 Å². The van der Waals surface area contributed by atoms with Crippen LogP contribution in [0, 0.1) is 5.41 Å². The zero-order valence-electron chi connectivity index (χ0n) is 15.2. The molecule has 1 saturated carbocycles. The standard InChI is InChI=1S/C21H23ClN4/c1-13(9-17(22)12-24-3)15-5-6-16-11-20(7-4-8-20)21(18(16)10-15)25-14(2)19(23)26-21/h5-6,9-10,12H,3-4,7-8,11H2,1-2H3,(H2,23,26)/b13-9+,17-12+. The number of nitrogens with two attached hydrogens (primary N) is 1. The van der Waals surface area contributed by atoms with Gasteiger partial charge in [-0.15, -0.1) is 0 Å². The van der Waals surface area contributed by atoms with E-state index in [1.165, 1.54) is 17.5 Å². The fourth-order valence-electron chi connectivity index (χ4n) is 4.56. The zero-order valence-corrected chi connectivity index (χ0v) is 16.0. The SMILES string of the molecule is C=N/C=C(Cl)\C=C(/C)c1ccc2c(c1)C1(N=C(C)C(N)=N1)C1(CCC1)C2. The van der Waals surface area contributed by atoms with Crippen molar-refractivity contribution in [2.45, 2.75) is 45.2 Å². The summed E-state index contributed by atoms with van der Waals surface area (Å²) >= 11 is 6.17. The zero-order chi connectivity index (χ0) is 18.5. The van der Waals surface area contributed by atoms with Gasteiger partial charge in [-0.3, -0.25) is 9.98 Å². The van der Waals surface area contributed by atoms with Gasteiger partial charge in [0.25, 0.3) is 0 Å². The molecule has 1 heterocycles. The molecule has 2 N–H and O–H groups in total. The number of nitrogens with zero attached hydrogens (tertiary/aromatic N) is 3. The minimum atomic E-state index is -0.534. The molecule has 0 amide bonds. The monoisotopic (exact) mass is 366 g/mol. The molecule has 3 aliphatic rings. The molecule has 0 aromatic heterocycles. The Kier molecular flexibility index (Phi) is 3.92. The van der Waals surface area contributed by atoms with Gasteiger partial charge in [-0.2, -0.15) is 0 Å². The second kappa shape index (κ2) is 5.92. The van der Waals surface area contributed by atoms with Gasteiger partial charge < -0.3 is 5.73 Å². The molecule has 4 rings (SSSR count). The van der Waals surface area contributed by atoms with E-state index in [-0.39, 0.29) is 5.41 Å². The molecule has 2 aliphatic carbocycles. The predicted octanol–water partition coefficient (Wildman–Crippen LogP) is 4.58. The third-order valence-corrected chi connectivity index (χ3v) is 6.28. The van der Waals surface area contributed by atoms with Crippen molar-refractivity contribution in [3.05, 3.63) is 52.2 Å². The lowest BCUT2D eigenvalue weighted by molar-refractivity contribution is 0.0474. The Balaban J connectivity index is 1.83. The highest BCUT2D eigenvalue weighted by molar-refractivity contribution is 6.41. The summed E-state index contributed by atoms with van der Waals surface area (Å²) in [5.74, 6) is 0.574. The minimum Gasteiger partial charge on any atom is -0.382 e. The molecule has 5 heteroatoms. The van der Waals surface area contributed by atoms with Gasteiger partial charge in [0.1, 0.15) is 5.84 Å². The number of fused-ring (bicyclic) bond motifs is 3. The predicted molar refractivity (Wildman–Crippen MR) is 110 cm³/mol. The van der Waals surface area contributed by atoms with Crippen LogP contribution in [0.5, 0.6) is 0 Å². The molecule has 1 fully saturated rings. The fourth-order valence-corrected chi connectivity index (χ4v) is 4.79. The molecule has 0 bridgehead atoms. The molecule has 0 saturated heterocycles. The molecule has 4 nitrogen and oxygen atoms in total. The Bertz CT molecular complexity index is 898. The number of halogens is 1. The van der Waals surface area contributed by atoms with Crippen LogP contribution in [0.2, 0.25) is 0 Å². The average Bonchev–Trinajstić information content (AvgIpc) is 3.02. The maximum atomic E-state index is 6.17. The third-order valence-electron chi connectivity index (χ3n) is 6.07.